The number of aromatic nitrogens is 1. The number of fused-ring (bicyclic) bond motifs is 1. The zero-order valence-corrected chi connectivity index (χ0v) is 22.4. The van der Waals surface area contributed by atoms with E-state index < -0.39 is 11.2 Å². The second kappa shape index (κ2) is 10.9. The van der Waals surface area contributed by atoms with Crippen molar-refractivity contribution in [2.75, 3.05) is 31.1 Å². The van der Waals surface area contributed by atoms with Gasteiger partial charge in [-0.1, -0.05) is 61.5 Å². The van der Waals surface area contributed by atoms with Crippen LogP contribution >= 0.6 is 0 Å². The molecule has 7 nitrogen and oxygen atoms in total. The number of piperazine rings is 1. The van der Waals surface area contributed by atoms with Gasteiger partial charge in [0.2, 0.25) is 0 Å². The van der Waals surface area contributed by atoms with Crippen molar-refractivity contribution in [2.45, 2.75) is 40.5 Å². The van der Waals surface area contributed by atoms with Crippen molar-refractivity contribution in [3.8, 4) is 11.1 Å². The van der Waals surface area contributed by atoms with E-state index in [0.29, 0.717) is 17.5 Å². The highest BCUT2D eigenvalue weighted by molar-refractivity contribution is 5.87. The molecule has 0 aliphatic carbocycles. The highest BCUT2D eigenvalue weighted by Gasteiger charge is 2.28. The lowest BCUT2D eigenvalue weighted by Gasteiger charge is -2.36. The first-order chi connectivity index (χ1) is 18.4. The zero-order valence-electron chi connectivity index (χ0n) is 22.4. The fourth-order valence-electron chi connectivity index (χ4n) is 4.79. The van der Waals surface area contributed by atoms with Crippen molar-refractivity contribution in [1.82, 2.24) is 9.47 Å². The summed E-state index contributed by atoms with van der Waals surface area (Å²) < 4.78 is 12.5. The molecule has 0 spiro atoms. The van der Waals surface area contributed by atoms with E-state index in [4.69, 9.17) is 9.15 Å². The zero-order chi connectivity index (χ0) is 26.7. The third kappa shape index (κ3) is 5.38. The van der Waals surface area contributed by atoms with Crippen molar-refractivity contribution in [3.05, 3.63) is 88.9 Å². The number of nitrogens with zero attached hydrogens (tertiary/aromatic N) is 3. The minimum Gasteiger partial charge on any atom is -0.443 e. The Balaban J connectivity index is 1.26. The average molecular weight is 514 g/mol. The van der Waals surface area contributed by atoms with Crippen LogP contribution in [0.5, 0.6) is 0 Å². The van der Waals surface area contributed by atoms with E-state index in [0.717, 1.165) is 38.4 Å². The number of rotatable bonds is 8. The average Bonchev–Trinajstić information content (AvgIpc) is 3.27. The van der Waals surface area contributed by atoms with Gasteiger partial charge >= 0.3 is 11.7 Å². The number of para-hydroxylation sites is 1. The standard InChI is InChI=1S/C31H35N3O4/c1-4-31(2,3)29(35)37-22-34-27-15-9-14-26(28(27)38-30(34)36)33-18-16-32(17-19-33)21-23-10-8-13-25(20-23)24-11-6-5-7-12-24/h5-15,20H,4,16-19,21-22H2,1-3H3. The number of carbonyl (C=O) groups excluding carboxylic acids is 1. The monoisotopic (exact) mass is 513 g/mol. The molecule has 1 aliphatic rings. The molecule has 0 saturated carbocycles. The molecule has 1 aliphatic heterocycles. The summed E-state index contributed by atoms with van der Waals surface area (Å²) in [5.41, 5.74) is 5.22. The van der Waals surface area contributed by atoms with Gasteiger partial charge in [-0.15, -0.1) is 0 Å². The van der Waals surface area contributed by atoms with E-state index in [1.165, 1.54) is 21.3 Å². The Kier molecular flexibility index (Phi) is 7.38. The maximum atomic E-state index is 12.7. The minimum absolute atomic E-state index is 0.159. The third-order valence-corrected chi connectivity index (χ3v) is 7.59. The fourth-order valence-corrected chi connectivity index (χ4v) is 4.79. The van der Waals surface area contributed by atoms with E-state index in [9.17, 15) is 9.59 Å². The number of ether oxygens (including phenoxy) is 1. The van der Waals surface area contributed by atoms with Gasteiger partial charge in [0, 0.05) is 32.7 Å². The molecule has 1 fully saturated rings. The molecule has 198 valence electrons. The first-order valence-electron chi connectivity index (χ1n) is 13.3. The predicted molar refractivity (Wildman–Crippen MR) is 150 cm³/mol. The molecular weight excluding hydrogens is 478 g/mol. The molecule has 0 N–H and O–H groups in total. The molecule has 4 aromatic rings. The molecule has 3 aromatic carbocycles. The number of hydrogen-bond donors (Lipinski definition) is 0. The van der Waals surface area contributed by atoms with Gasteiger partial charge in [0.15, 0.2) is 12.3 Å². The van der Waals surface area contributed by atoms with E-state index >= 15 is 0 Å². The molecule has 38 heavy (non-hydrogen) atoms. The summed E-state index contributed by atoms with van der Waals surface area (Å²) in [6, 6.07) is 24.9. The Hall–Kier alpha value is -3.84. The highest BCUT2D eigenvalue weighted by atomic mass is 16.5. The first-order valence-corrected chi connectivity index (χ1v) is 13.3. The molecule has 0 atom stereocenters. The van der Waals surface area contributed by atoms with Gasteiger partial charge in [0.1, 0.15) is 0 Å². The topological polar surface area (TPSA) is 67.9 Å². The summed E-state index contributed by atoms with van der Waals surface area (Å²) >= 11 is 0. The summed E-state index contributed by atoms with van der Waals surface area (Å²) in [4.78, 5) is 29.8. The normalized spacial score (nSPS) is 14.7. The Morgan fingerprint density at radius 2 is 1.63 bits per heavy atom. The van der Waals surface area contributed by atoms with Crippen LogP contribution < -0.4 is 10.7 Å². The molecule has 0 unspecified atom stereocenters. The van der Waals surface area contributed by atoms with Crippen LogP contribution in [-0.2, 0) is 22.8 Å². The smallest absolute Gasteiger partial charge is 0.422 e. The lowest BCUT2D eigenvalue weighted by Crippen LogP contribution is -2.46. The van der Waals surface area contributed by atoms with Crippen molar-refractivity contribution in [2.24, 2.45) is 5.41 Å². The van der Waals surface area contributed by atoms with Crippen LogP contribution in [0.15, 0.2) is 82.0 Å². The van der Waals surface area contributed by atoms with Crippen LogP contribution in [0.4, 0.5) is 5.69 Å². The van der Waals surface area contributed by atoms with Gasteiger partial charge in [-0.05, 0) is 55.2 Å². The summed E-state index contributed by atoms with van der Waals surface area (Å²) in [7, 11) is 0. The van der Waals surface area contributed by atoms with Crippen molar-refractivity contribution >= 4 is 22.8 Å². The summed E-state index contributed by atoms with van der Waals surface area (Å²) in [5, 5.41) is 0. The Bertz CT molecular complexity index is 1460. The largest absolute Gasteiger partial charge is 0.443 e. The Labute approximate surface area is 223 Å². The third-order valence-electron chi connectivity index (χ3n) is 7.59. The molecule has 2 heterocycles. The summed E-state index contributed by atoms with van der Waals surface area (Å²) in [5.74, 6) is -0.852. The minimum atomic E-state index is -0.600. The van der Waals surface area contributed by atoms with Crippen molar-refractivity contribution in [1.29, 1.82) is 0 Å². The second-order valence-corrected chi connectivity index (χ2v) is 10.5. The van der Waals surface area contributed by atoms with Crippen LogP contribution in [0, 0.1) is 5.41 Å². The lowest BCUT2D eigenvalue weighted by molar-refractivity contribution is -0.158. The summed E-state index contributed by atoms with van der Waals surface area (Å²) in [6.07, 6.45) is 0.654. The van der Waals surface area contributed by atoms with Gasteiger partial charge in [-0.3, -0.25) is 9.69 Å². The van der Waals surface area contributed by atoms with Gasteiger partial charge in [0.05, 0.1) is 16.6 Å². The lowest BCUT2D eigenvalue weighted by atomic mass is 9.91. The SMILES string of the molecule is CCC(C)(C)C(=O)OCn1c(=O)oc2c(N3CCN(Cc4cccc(-c5ccccc5)c4)CC3)cccc21. The number of carbonyl (C=O) groups is 1. The maximum Gasteiger partial charge on any atom is 0.422 e. The van der Waals surface area contributed by atoms with Gasteiger partial charge in [-0.25, -0.2) is 9.36 Å². The number of hydrogen-bond acceptors (Lipinski definition) is 6. The van der Waals surface area contributed by atoms with Gasteiger partial charge < -0.3 is 14.1 Å². The van der Waals surface area contributed by atoms with Crippen LogP contribution in [0.3, 0.4) is 0 Å². The van der Waals surface area contributed by atoms with Gasteiger partial charge in [0.25, 0.3) is 0 Å². The maximum absolute atomic E-state index is 12.7. The number of benzene rings is 3. The summed E-state index contributed by atoms with van der Waals surface area (Å²) in [6.45, 7) is 9.80. The molecule has 7 heteroatoms. The molecular formula is C31H35N3O4. The number of esters is 1. The molecule has 1 aromatic heterocycles. The van der Waals surface area contributed by atoms with Crippen LogP contribution in [-0.4, -0.2) is 41.6 Å². The first kappa shape index (κ1) is 25.8. The highest BCUT2D eigenvalue weighted by Crippen LogP contribution is 2.28. The van der Waals surface area contributed by atoms with Crippen LogP contribution in [0.1, 0.15) is 32.8 Å². The van der Waals surface area contributed by atoms with E-state index in [1.54, 1.807) is 0 Å². The van der Waals surface area contributed by atoms with Crippen LogP contribution in [0.25, 0.3) is 22.2 Å². The molecule has 0 bridgehead atoms. The van der Waals surface area contributed by atoms with E-state index in [-0.39, 0.29) is 12.7 Å². The molecule has 1 saturated heterocycles. The fraction of sp³-hybridized carbons (Fsp3) is 0.355. The van der Waals surface area contributed by atoms with Crippen molar-refractivity contribution in [3.63, 3.8) is 0 Å². The second-order valence-electron chi connectivity index (χ2n) is 10.5. The van der Waals surface area contributed by atoms with Gasteiger partial charge in [-0.2, -0.15) is 0 Å². The van der Waals surface area contributed by atoms with Crippen molar-refractivity contribution < 1.29 is 13.9 Å². The predicted octanol–water partition coefficient (Wildman–Crippen LogP) is 5.52. The molecule has 0 radical (unpaired) electrons. The number of anilines is 1. The van der Waals surface area contributed by atoms with E-state index in [1.807, 2.05) is 45.0 Å². The van der Waals surface area contributed by atoms with Crippen LogP contribution in [0.2, 0.25) is 0 Å². The Morgan fingerprint density at radius 1 is 0.921 bits per heavy atom. The molecule has 0 amide bonds. The quantitative estimate of drug-likeness (QED) is 0.289. The van der Waals surface area contributed by atoms with E-state index in [2.05, 4.69) is 58.3 Å². The number of oxazole rings is 1. The molecule has 5 rings (SSSR count). The Morgan fingerprint density at radius 3 is 2.37 bits per heavy atom.